The van der Waals surface area contributed by atoms with Crippen molar-refractivity contribution in [3.63, 3.8) is 0 Å². The molecular weight excluding hydrogens is 294 g/mol. The number of carboxylic acid groups (broad SMARTS) is 1. The van der Waals surface area contributed by atoms with E-state index in [9.17, 15) is 14.7 Å². The van der Waals surface area contributed by atoms with Crippen molar-refractivity contribution in [3.8, 4) is 0 Å². The molecule has 0 radical (unpaired) electrons. The smallest absolute Gasteiger partial charge is 0.410 e. The quantitative estimate of drug-likeness (QED) is 0.879. The highest BCUT2D eigenvalue weighted by Crippen LogP contribution is 2.50. The fourth-order valence-electron chi connectivity index (χ4n) is 4.15. The Morgan fingerprint density at radius 2 is 1.91 bits per heavy atom. The number of benzene rings is 2. The summed E-state index contributed by atoms with van der Waals surface area (Å²) in [6.45, 7) is 0. The van der Waals surface area contributed by atoms with Gasteiger partial charge in [0, 0.05) is 0 Å². The third-order valence-electron chi connectivity index (χ3n) is 5.09. The highest BCUT2D eigenvalue weighted by Gasteiger charge is 2.51. The van der Waals surface area contributed by atoms with E-state index in [1.807, 2.05) is 18.2 Å². The second-order valence-electron chi connectivity index (χ2n) is 6.27. The van der Waals surface area contributed by atoms with Gasteiger partial charge in [-0.2, -0.15) is 0 Å². The second-order valence-corrected chi connectivity index (χ2v) is 6.27. The summed E-state index contributed by atoms with van der Waals surface area (Å²) in [5.41, 5.74) is 2.26. The van der Waals surface area contributed by atoms with Crippen molar-refractivity contribution in [2.45, 2.75) is 24.9 Å². The molecule has 0 bridgehead atoms. The van der Waals surface area contributed by atoms with Gasteiger partial charge in [-0.25, -0.2) is 9.59 Å². The first kappa shape index (κ1) is 14.1. The molecule has 118 valence electrons. The summed E-state index contributed by atoms with van der Waals surface area (Å²) in [6, 6.07) is 11.3. The topological polar surface area (TPSA) is 66.8 Å². The van der Waals surface area contributed by atoms with Crippen LogP contribution in [0.3, 0.4) is 0 Å². The molecule has 2 aliphatic rings. The van der Waals surface area contributed by atoms with Crippen LogP contribution in [0, 0.1) is 5.92 Å². The molecule has 2 aromatic rings. The molecule has 1 aliphatic carbocycles. The lowest BCUT2D eigenvalue weighted by atomic mass is 10.00. The van der Waals surface area contributed by atoms with Crippen LogP contribution in [0.15, 0.2) is 36.4 Å². The Bertz CT molecular complexity index is 816. The normalized spacial score (nSPS) is 25.3. The number of amides is 1. The third-order valence-corrected chi connectivity index (χ3v) is 5.09. The number of aliphatic carboxylic acids is 1. The maximum atomic E-state index is 12.2. The van der Waals surface area contributed by atoms with Gasteiger partial charge in [-0.3, -0.25) is 4.90 Å². The number of methoxy groups -OCH3 is 1. The molecule has 0 saturated carbocycles. The maximum Gasteiger partial charge on any atom is 0.410 e. The van der Waals surface area contributed by atoms with Crippen LogP contribution in [0.5, 0.6) is 0 Å². The van der Waals surface area contributed by atoms with Crippen LogP contribution in [0.1, 0.15) is 23.6 Å². The SMILES string of the molecule is COC(=O)N1[C@@H]2c3cc4ccccc4cc3C[C@@H]2C[C@H]1C(=O)O. The molecule has 1 saturated heterocycles. The van der Waals surface area contributed by atoms with Gasteiger partial charge in [-0.15, -0.1) is 0 Å². The average molecular weight is 311 g/mol. The summed E-state index contributed by atoms with van der Waals surface area (Å²) in [6.07, 6.45) is 0.716. The molecule has 1 fully saturated rings. The first-order valence-corrected chi connectivity index (χ1v) is 7.71. The van der Waals surface area contributed by atoms with Gasteiger partial charge in [-0.1, -0.05) is 30.3 Å². The largest absolute Gasteiger partial charge is 0.480 e. The Morgan fingerprint density at radius 1 is 1.22 bits per heavy atom. The molecule has 0 aromatic heterocycles. The Hall–Kier alpha value is -2.56. The van der Waals surface area contributed by atoms with Crippen molar-refractivity contribution in [2.24, 2.45) is 5.92 Å². The highest BCUT2D eigenvalue weighted by atomic mass is 16.5. The van der Waals surface area contributed by atoms with Gasteiger partial charge in [0.05, 0.1) is 13.2 Å². The molecule has 5 heteroatoms. The Morgan fingerprint density at radius 3 is 2.57 bits per heavy atom. The monoisotopic (exact) mass is 311 g/mol. The maximum absolute atomic E-state index is 12.2. The lowest BCUT2D eigenvalue weighted by Gasteiger charge is -2.27. The number of carbonyl (C=O) groups excluding carboxylic acids is 1. The molecule has 5 nitrogen and oxygen atoms in total. The van der Waals surface area contributed by atoms with E-state index in [4.69, 9.17) is 4.74 Å². The number of carbonyl (C=O) groups is 2. The summed E-state index contributed by atoms with van der Waals surface area (Å²) in [7, 11) is 1.30. The second kappa shape index (κ2) is 4.98. The molecule has 1 aliphatic heterocycles. The standard InChI is InChI=1S/C18H17NO4/c1-23-18(22)19-15(17(20)21)9-13-7-12-6-10-4-2-3-5-11(10)8-14(12)16(13)19/h2-6,8,13,15-16H,7,9H2,1H3,(H,20,21)/t13-,15+,16+/m1/s1. The number of fused-ring (bicyclic) bond motifs is 4. The van der Waals surface area contributed by atoms with Crippen LogP contribution in [0.2, 0.25) is 0 Å². The van der Waals surface area contributed by atoms with Gasteiger partial charge in [0.1, 0.15) is 6.04 Å². The number of rotatable bonds is 1. The lowest BCUT2D eigenvalue weighted by molar-refractivity contribution is -0.142. The Kier molecular flexibility index (Phi) is 3.04. The molecule has 1 N–H and O–H groups in total. The van der Waals surface area contributed by atoms with E-state index in [0.717, 1.165) is 17.4 Å². The molecule has 2 aromatic carbocycles. The van der Waals surface area contributed by atoms with E-state index >= 15 is 0 Å². The van der Waals surface area contributed by atoms with Gasteiger partial charge >= 0.3 is 12.1 Å². The minimum atomic E-state index is -0.966. The van der Waals surface area contributed by atoms with Crippen molar-refractivity contribution in [1.29, 1.82) is 0 Å². The zero-order valence-electron chi connectivity index (χ0n) is 12.7. The number of hydrogen-bond donors (Lipinski definition) is 1. The minimum Gasteiger partial charge on any atom is -0.480 e. The molecule has 1 amide bonds. The molecule has 0 spiro atoms. The van der Waals surface area contributed by atoms with E-state index < -0.39 is 18.1 Å². The van der Waals surface area contributed by atoms with Crippen molar-refractivity contribution in [2.75, 3.05) is 7.11 Å². The third kappa shape index (κ3) is 2.00. The lowest BCUT2D eigenvalue weighted by Crippen LogP contribution is -2.41. The number of likely N-dealkylation sites (tertiary alicyclic amines) is 1. The van der Waals surface area contributed by atoms with E-state index in [1.54, 1.807) is 0 Å². The van der Waals surface area contributed by atoms with Crippen LogP contribution in [0.4, 0.5) is 4.79 Å². The van der Waals surface area contributed by atoms with Gasteiger partial charge in [0.15, 0.2) is 0 Å². The van der Waals surface area contributed by atoms with E-state index in [-0.39, 0.29) is 12.0 Å². The summed E-state index contributed by atoms with van der Waals surface area (Å²) in [5.74, 6) is -0.825. The van der Waals surface area contributed by atoms with Crippen molar-refractivity contribution in [3.05, 3.63) is 47.5 Å². The van der Waals surface area contributed by atoms with Gasteiger partial charge < -0.3 is 9.84 Å². The molecule has 0 unspecified atom stereocenters. The zero-order valence-corrected chi connectivity index (χ0v) is 12.7. The number of ether oxygens (including phenoxy) is 1. The van der Waals surface area contributed by atoms with Crippen LogP contribution < -0.4 is 0 Å². The summed E-state index contributed by atoms with van der Waals surface area (Å²) in [5, 5.41) is 11.7. The summed E-state index contributed by atoms with van der Waals surface area (Å²) < 4.78 is 4.85. The van der Waals surface area contributed by atoms with E-state index in [2.05, 4.69) is 18.2 Å². The molecule has 1 heterocycles. The zero-order chi connectivity index (χ0) is 16.1. The number of carboxylic acids is 1. The van der Waals surface area contributed by atoms with E-state index in [0.29, 0.717) is 6.42 Å². The molecule has 3 atom stereocenters. The predicted octanol–water partition coefficient (Wildman–Crippen LogP) is 2.98. The number of nitrogens with zero attached hydrogens (tertiary/aromatic N) is 1. The first-order valence-electron chi connectivity index (χ1n) is 7.71. The fraction of sp³-hybridized carbons (Fsp3) is 0.333. The van der Waals surface area contributed by atoms with Crippen molar-refractivity contribution >= 4 is 22.8 Å². The van der Waals surface area contributed by atoms with Crippen LogP contribution in [-0.2, 0) is 16.0 Å². The van der Waals surface area contributed by atoms with Crippen LogP contribution in [-0.4, -0.2) is 35.2 Å². The fourth-order valence-corrected chi connectivity index (χ4v) is 4.15. The predicted molar refractivity (Wildman–Crippen MR) is 84.2 cm³/mol. The molecule has 23 heavy (non-hydrogen) atoms. The Balaban J connectivity index is 1.84. The highest BCUT2D eigenvalue weighted by molar-refractivity contribution is 5.86. The van der Waals surface area contributed by atoms with Gasteiger partial charge in [0.2, 0.25) is 0 Å². The number of hydrogen-bond acceptors (Lipinski definition) is 3. The van der Waals surface area contributed by atoms with Gasteiger partial charge in [-0.05, 0) is 46.7 Å². The van der Waals surface area contributed by atoms with Crippen molar-refractivity contribution in [1.82, 2.24) is 4.90 Å². The first-order chi connectivity index (χ1) is 11.1. The van der Waals surface area contributed by atoms with Crippen LogP contribution in [0.25, 0.3) is 10.8 Å². The summed E-state index contributed by atoms with van der Waals surface area (Å²) in [4.78, 5) is 25.1. The van der Waals surface area contributed by atoms with E-state index in [1.165, 1.54) is 23.0 Å². The van der Waals surface area contributed by atoms with Crippen molar-refractivity contribution < 1.29 is 19.4 Å². The minimum absolute atomic E-state index is 0.141. The average Bonchev–Trinajstić information content (AvgIpc) is 3.07. The molecule has 4 rings (SSSR count). The molecular formula is C18H17NO4. The van der Waals surface area contributed by atoms with Crippen LogP contribution >= 0.6 is 0 Å². The Labute approximate surface area is 133 Å². The van der Waals surface area contributed by atoms with Gasteiger partial charge in [0.25, 0.3) is 0 Å². The summed E-state index contributed by atoms with van der Waals surface area (Å²) >= 11 is 0.